The first kappa shape index (κ1) is 19.0. The molecular formula is C19H27FN4OS. The van der Waals surface area contributed by atoms with Gasteiger partial charge in [0.05, 0.1) is 12.2 Å². The third-order valence-corrected chi connectivity index (χ3v) is 5.45. The summed E-state index contributed by atoms with van der Waals surface area (Å²) in [6.07, 6.45) is 4.70. The highest BCUT2D eigenvalue weighted by Crippen LogP contribution is 2.14. The molecule has 0 saturated carbocycles. The number of thiocarbonyl (C=S) groups is 1. The Labute approximate surface area is 160 Å². The van der Waals surface area contributed by atoms with Crippen LogP contribution in [0.15, 0.2) is 24.3 Å². The second-order valence-corrected chi connectivity index (χ2v) is 7.35. The third kappa shape index (κ3) is 5.14. The molecule has 1 N–H and O–H groups in total. The maximum absolute atomic E-state index is 13.7. The van der Waals surface area contributed by atoms with E-state index in [0.29, 0.717) is 17.3 Å². The molecule has 1 amide bonds. The fourth-order valence-corrected chi connectivity index (χ4v) is 3.77. The van der Waals surface area contributed by atoms with Crippen LogP contribution in [-0.2, 0) is 4.79 Å². The normalized spacial score (nSPS) is 19.1. The van der Waals surface area contributed by atoms with Gasteiger partial charge in [-0.05, 0) is 37.2 Å². The van der Waals surface area contributed by atoms with E-state index in [1.807, 2.05) is 9.80 Å². The van der Waals surface area contributed by atoms with Gasteiger partial charge in [0.2, 0.25) is 5.91 Å². The van der Waals surface area contributed by atoms with Crippen molar-refractivity contribution in [2.24, 2.45) is 0 Å². The number of anilines is 1. The van der Waals surface area contributed by atoms with E-state index in [1.165, 1.54) is 18.9 Å². The summed E-state index contributed by atoms with van der Waals surface area (Å²) in [4.78, 5) is 18.7. The lowest BCUT2D eigenvalue weighted by Crippen LogP contribution is -2.52. The third-order valence-electron chi connectivity index (χ3n) is 5.09. The molecule has 7 heteroatoms. The highest BCUT2D eigenvalue weighted by molar-refractivity contribution is 7.80. The molecule has 2 heterocycles. The summed E-state index contributed by atoms with van der Waals surface area (Å²) in [5, 5.41) is 3.52. The zero-order valence-corrected chi connectivity index (χ0v) is 15.9. The number of carbonyl (C=O) groups is 1. The molecule has 2 aliphatic heterocycles. The molecule has 1 aromatic carbocycles. The van der Waals surface area contributed by atoms with E-state index < -0.39 is 0 Å². The number of hydrogen-bond acceptors (Lipinski definition) is 3. The molecule has 2 fully saturated rings. The molecule has 2 aliphatic rings. The largest absolute Gasteiger partial charge is 0.346 e. The minimum absolute atomic E-state index is 0.243. The number of nitrogens with zero attached hydrogens (tertiary/aromatic N) is 3. The molecule has 0 aliphatic carbocycles. The molecule has 0 unspecified atom stereocenters. The first-order valence-electron chi connectivity index (χ1n) is 9.44. The van der Waals surface area contributed by atoms with Crippen LogP contribution in [0, 0.1) is 5.82 Å². The van der Waals surface area contributed by atoms with Crippen LogP contribution in [0.2, 0.25) is 0 Å². The van der Waals surface area contributed by atoms with Gasteiger partial charge in [0.1, 0.15) is 5.82 Å². The Morgan fingerprint density at radius 1 is 0.962 bits per heavy atom. The first-order valence-corrected chi connectivity index (χ1v) is 9.85. The standard InChI is InChI=1S/C19H27FN4OS/c20-16-7-3-4-8-17(16)21-19(26)24-13-11-22(12-14-24)15-18(25)23-9-5-1-2-6-10-23/h3-4,7-8H,1-2,5-6,9-15H2,(H,21,26). The van der Waals surface area contributed by atoms with Crippen molar-refractivity contribution in [3.8, 4) is 0 Å². The van der Waals surface area contributed by atoms with Gasteiger partial charge in [-0.2, -0.15) is 0 Å². The molecular weight excluding hydrogens is 351 g/mol. The van der Waals surface area contributed by atoms with Gasteiger partial charge in [-0.15, -0.1) is 0 Å². The SMILES string of the molecule is O=C(CN1CCN(C(=S)Nc2ccccc2F)CC1)N1CCCCCC1. The van der Waals surface area contributed by atoms with E-state index in [9.17, 15) is 9.18 Å². The molecule has 0 aromatic heterocycles. The Hall–Kier alpha value is -1.73. The highest BCUT2D eigenvalue weighted by Gasteiger charge is 2.23. The van der Waals surface area contributed by atoms with Crippen LogP contribution in [0.3, 0.4) is 0 Å². The minimum Gasteiger partial charge on any atom is -0.346 e. The minimum atomic E-state index is -0.309. The van der Waals surface area contributed by atoms with Gasteiger partial charge in [0.15, 0.2) is 5.11 Å². The zero-order chi connectivity index (χ0) is 18.4. The number of hydrogen-bond donors (Lipinski definition) is 1. The van der Waals surface area contributed by atoms with Gasteiger partial charge in [-0.3, -0.25) is 9.69 Å². The monoisotopic (exact) mass is 378 g/mol. The Bertz CT molecular complexity index is 626. The average Bonchev–Trinajstić information content (AvgIpc) is 2.94. The van der Waals surface area contributed by atoms with Crippen molar-refractivity contribution in [2.45, 2.75) is 25.7 Å². The number of halogens is 1. The van der Waals surface area contributed by atoms with E-state index in [1.54, 1.807) is 18.2 Å². The van der Waals surface area contributed by atoms with Crippen molar-refractivity contribution >= 4 is 28.9 Å². The van der Waals surface area contributed by atoms with Gasteiger partial charge in [0.25, 0.3) is 0 Å². The predicted molar refractivity (Wildman–Crippen MR) is 106 cm³/mol. The summed E-state index contributed by atoms with van der Waals surface area (Å²) in [5.74, 6) is -0.0658. The van der Waals surface area contributed by atoms with Crippen LogP contribution in [0.5, 0.6) is 0 Å². The molecule has 142 valence electrons. The maximum atomic E-state index is 13.7. The molecule has 0 atom stereocenters. The van der Waals surface area contributed by atoms with E-state index in [2.05, 4.69) is 10.2 Å². The maximum Gasteiger partial charge on any atom is 0.236 e. The number of benzene rings is 1. The van der Waals surface area contributed by atoms with Crippen LogP contribution in [-0.4, -0.2) is 71.5 Å². The van der Waals surface area contributed by atoms with Crippen LogP contribution < -0.4 is 5.32 Å². The molecule has 2 saturated heterocycles. The van der Waals surface area contributed by atoms with Crippen molar-refractivity contribution in [1.29, 1.82) is 0 Å². The lowest BCUT2D eigenvalue weighted by molar-refractivity contribution is -0.132. The van der Waals surface area contributed by atoms with Gasteiger partial charge >= 0.3 is 0 Å². The number of carbonyl (C=O) groups excluding carboxylic acids is 1. The van der Waals surface area contributed by atoms with Gasteiger partial charge in [-0.25, -0.2) is 4.39 Å². The van der Waals surface area contributed by atoms with Gasteiger partial charge in [-0.1, -0.05) is 25.0 Å². The number of para-hydroxylation sites is 1. The molecule has 0 spiro atoms. The van der Waals surface area contributed by atoms with Gasteiger partial charge in [0, 0.05) is 39.3 Å². The van der Waals surface area contributed by atoms with E-state index in [4.69, 9.17) is 12.2 Å². The Balaban J connectivity index is 1.44. The number of rotatable bonds is 3. The highest BCUT2D eigenvalue weighted by atomic mass is 32.1. The topological polar surface area (TPSA) is 38.8 Å². The van der Waals surface area contributed by atoms with Crippen molar-refractivity contribution in [2.75, 3.05) is 51.1 Å². The summed E-state index contributed by atoms with van der Waals surface area (Å²) in [5.41, 5.74) is 0.399. The Kier molecular flexibility index (Phi) is 6.80. The van der Waals surface area contributed by atoms with E-state index >= 15 is 0 Å². The summed E-state index contributed by atoms with van der Waals surface area (Å²) in [6.45, 7) is 5.35. The number of nitrogens with one attached hydrogen (secondary N) is 1. The fraction of sp³-hybridized carbons (Fsp3) is 0.579. The quantitative estimate of drug-likeness (QED) is 0.819. The van der Waals surface area contributed by atoms with Crippen molar-refractivity contribution in [1.82, 2.24) is 14.7 Å². The van der Waals surface area contributed by atoms with Crippen LogP contribution >= 0.6 is 12.2 Å². The van der Waals surface area contributed by atoms with Crippen molar-refractivity contribution < 1.29 is 9.18 Å². The van der Waals surface area contributed by atoms with Crippen LogP contribution in [0.1, 0.15) is 25.7 Å². The zero-order valence-electron chi connectivity index (χ0n) is 15.1. The fourth-order valence-electron chi connectivity index (χ4n) is 3.48. The number of likely N-dealkylation sites (tertiary alicyclic amines) is 1. The second kappa shape index (κ2) is 9.28. The van der Waals surface area contributed by atoms with Crippen molar-refractivity contribution in [3.63, 3.8) is 0 Å². The summed E-state index contributed by atoms with van der Waals surface area (Å²) >= 11 is 5.41. The summed E-state index contributed by atoms with van der Waals surface area (Å²) < 4.78 is 13.7. The molecule has 26 heavy (non-hydrogen) atoms. The van der Waals surface area contributed by atoms with Crippen LogP contribution in [0.25, 0.3) is 0 Å². The van der Waals surface area contributed by atoms with Gasteiger partial charge < -0.3 is 15.1 Å². The van der Waals surface area contributed by atoms with Crippen molar-refractivity contribution in [3.05, 3.63) is 30.1 Å². The Morgan fingerprint density at radius 3 is 2.27 bits per heavy atom. The molecule has 0 radical (unpaired) electrons. The summed E-state index contributed by atoms with van der Waals surface area (Å²) in [6, 6.07) is 6.53. The lowest BCUT2D eigenvalue weighted by atomic mass is 10.2. The lowest BCUT2D eigenvalue weighted by Gasteiger charge is -2.36. The smallest absolute Gasteiger partial charge is 0.236 e. The van der Waals surface area contributed by atoms with Crippen LogP contribution in [0.4, 0.5) is 10.1 Å². The van der Waals surface area contributed by atoms with E-state index in [-0.39, 0.29) is 11.7 Å². The molecule has 3 rings (SSSR count). The van der Waals surface area contributed by atoms with E-state index in [0.717, 1.165) is 52.1 Å². The first-order chi connectivity index (χ1) is 12.6. The number of piperazine rings is 1. The second-order valence-electron chi connectivity index (χ2n) is 6.97. The Morgan fingerprint density at radius 2 is 1.62 bits per heavy atom. The predicted octanol–water partition coefficient (Wildman–Crippen LogP) is 2.54. The molecule has 1 aromatic rings. The average molecular weight is 379 g/mol. The molecule has 0 bridgehead atoms. The molecule has 5 nitrogen and oxygen atoms in total. The summed E-state index contributed by atoms with van der Waals surface area (Å²) in [7, 11) is 0. The number of amides is 1.